The Kier molecular flexibility index (Phi) is 23.6. The van der Waals surface area contributed by atoms with Gasteiger partial charge < -0.3 is 20.5 Å². The van der Waals surface area contributed by atoms with Crippen LogP contribution in [0.5, 0.6) is 0 Å². The predicted octanol–water partition coefficient (Wildman–Crippen LogP) is 5.68. The first-order valence-corrected chi connectivity index (χ1v) is 14.3. The number of allylic oxidation sites excluding steroid dienone is 10. The van der Waals surface area contributed by atoms with Crippen LogP contribution in [0.4, 0.5) is 0 Å². The van der Waals surface area contributed by atoms with Gasteiger partial charge in [0.1, 0.15) is 12.7 Å². The number of carbonyl (C=O) groups is 1. The zero-order chi connectivity index (χ0) is 26.7. The molecule has 0 saturated heterocycles. The van der Waals surface area contributed by atoms with Crippen LogP contribution in [-0.4, -0.2) is 48.4 Å². The summed E-state index contributed by atoms with van der Waals surface area (Å²) in [5.41, 5.74) is 5.17. The van der Waals surface area contributed by atoms with Crippen LogP contribution in [0, 0.1) is 0 Å². The molecular formula is C27H46NO7P. The standard InChI is InChI=1S/C27H46NO7P/c1-2-3-4-5-6-7-8-9-10-11-12-13-14-15-16-17-18-19-20-21-27(30)33-24-26(29)25-35-36(31,32)34-23-22-28/h3-4,6-7,9-10,12-13,15-16,26,29H,2,5,8,11,14,17-25,28H2,1H3,(H,31,32)/b4-3-,7-6-,10-9-,13-12-,16-15-/t26-/m1/s1. The number of rotatable bonds is 23. The van der Waals surface area contributed by atoms with Gasteiger partial charge in [0.15, 0.2) is 0 Å². The maximum absolute atomic E-state index is 11.7. The molecule has 2 atom stereocenters. The highest BCUT2D eigenvalue weighted by Gasteiger charge is 2.22. The number of hydrogen-bond donors (Lipinski definition) is 3. The van der Waals surface area contributed by atoms with Crippen molar-refractivity contribution in [2.45, 2.75) is 77.2 Å². The maximum Gasteiger partial charge on any atom is 0.472 e. The molecule has 0 aliphatic rings. The summed E-state index contributed by atoms with van der Waals surface area (Å²) in [6.45, 7) is 1.27. The molecule has 0 radical (unpaired) electrons. The third-order valence-electron chi connectivity index (χ3n) is 4.65. The number of aliphatic hydroxyl groups is 1. The minimum Gasteiger partial charge on any atom is -0.463 e. The van der Waals surface area contributed by atoms with Crippen molar-refractivity contribution in [2.24, 2.45) is 5.73 Å². The predicted molar refractivity (Wildman–Crippen MR) is 145 cm³/mol. The normalized spacial score (nSPS) is 15.1. The third kappa shape index (κ3) is 25.3. The second kappa shape index (κ2) is 24.9. The van der Waals surface area contributed by atoms with Gasteiger partial charge in [0.2, 0.25) is 0 Å². The fourth-order valence-electron chi connectivity index (χ4n) is 2.77. The summed E-state index contributed by atoms with van der Waals surface area (Å²) in [7, 11) is -4.26. The van der Waals surface area contributed by atoms with Crippen molar-refractivity contribution in [1.82, 2.24) is 0 Å². The number of ether oxygens (including phenoxy) is 1. The largest absolute Gasteiger partial charge is 0.472 e. The van der Waals surface area contributed by atoms with Crippen LogP contribution in [0.2, 0.25) is 0 Å². The summed E-state index contributed by atoms with van der Waals surface area (Å²) in [5.74, 6) is -0.421. The van der Waals surface area contributed by atoms with Crippen LogP contribution in [0.3, 0.4) is 0 Å². The van der Waals surface area contributed by atoms with E-state index in [2.05, 4.69) is 76.7 Å². The summed E-state index contributed by atoms with van der Waals surface area (Å²) in [6, 6.07) is 0. The molecule has 4 N–H and O–H groups in total. The molecule has 0 saturated carbocycles. The quantitative estimate of drug-likeness (QED) is 0.0670. The van der Waals surface area contributed by atoms with Crippen LogP contribution in [-0.2, 0) is 23.1 Å². The van der Waals surface area contributed by atoms with Crippen molar-refractivity contribution in [1.29, 1.82) is 0 Å². The lowest BCUT2D eigenvalue weighted by atomic mass is 10.1. The van der Waals surface area contributed by atoms with Crippen LogP contribution in [0.1, 0.15) is 71.1 Å². The van der Waals surface area contributed by atoms with E-state index >= 15 is 0 Å². The van der Waals surface area contributed by atoms with Crippen LogP contribution in [0.15, 0.2) is 60.8 Å². The van der Waals surface area contributed by atoms with Gasteiger partial charge in [-0.15, -0.1) is 0 Å². The summed E-state index contributed by atoms with van der Waals surface area (Å²) in [4.78, 5) is 21.0. The molecule has 0 aromatic carbocycles. The molecule has 8 nitrogen and oxygen atoms in total. The molecular weight excluding hydrogens is 481 g/mol. The monoisotopic (exact) mass is 527 g/mol. The van der Waals surface area contributed by atoms with Gasteiger partial charge in [-0.1, -0.05) is 74.1 Å². The van der Waals surface area contributed by atoms with Gasteiger partial charge in [0, 0.05) is 13.0 Å². The number of carbonyl (C=O) groups excluding carboxylic acids is 1. The summed E-state index contributed by atoms with van der Waals surface area (Å²) >= 11 is 0. The first kappa shape index (κ1) is 34.2. The molecule has 0 aromatic heterocycles. The average molecular weight is 528 g/mol. The third-order valence-corrected chi connectivity index (χ3v) is 5.63. The topological polar surface area (TPSA) is 128 Å². The number of nitrogens with two attached hydrogens (primary N) is 1. The molecule has 0 fully saturated rings. The highest BCUT2D eigenvalue weighted by atomic mass is 31.2. The minimum atomic E-state index is -4.26. The zero-order valence-corrected chi connectivity index (χ0v) is 22.6. The van der Waals surface area contributed by atoms with Gasteiger partial charge in [0.05, 0.1) is 13.2 Å². The smallest absolute Gasteiger partial charge is 0.463 e. The van der Waals surface area contributed by atoms with Crippen molar-refractivity contribution in [2.75, 3.05) is 26.4 Å². The van der Waals surface area contributed by atoms with Gasteiger partial charge in [-0.05, 0) is 51.4 Å². The summed E-state index contributed by atoms with van der Waals surface area (Å²) < 4.78 is 25.5. The van der Waals surface area contributed by atoms with E-state index in [0.717, 1.165) is 51.4 Å². The lowest BCUT2D eigenvalue weighted by Crippen LogP contribution is -2.23. The molecule has 0 aromatic rings. The maximum atomic E-state index is 11.7. The molecule has 1 unspecified atom stereocenters. The van der Waals surface area contributed by atoms with Crippen molar-refractivity contribution in [3.63, 3.8) is 0 Å². The van der Waals surface area contributed by atoms with E-state index in [-0.39, 0.29) is 26.2 Å². The van der Waals surface area contributed by atoms with Gasteiger partial charge in [-0.2, -0.15) is 0 Å². The molecule has 36 heavy (non-hydrogen) atoms. The number of unbranched alkanes of at least 4 members (excludes halogenated alkanes) is 3. The van der Waals surface area contributed by atoms with E-state index in [1.807, 2.05) is 0 Å². The Hall–Kier alpha value is -1.80. The Morgan fingerprint density at radius 1 is 0.833 bits per heavy atom. The zero-order valence-electron chi connectivity index (χ0n) is 21.7. The molecule has 0 rings (SSSR count). The number of phosphoric acid groups is 1. The second-order valence-electron chi connectivity index (χ2n) is 8.03. The molecule has 0 spiro atoms. The van der Waals surface area contributed by atoms with Crippen molar-refractivity contribution in [3.8, 4) is 0 Å². The van der Waals surface area contributed by atoms with E-state index in [4.69, 9.17) is 10.5 Å². The minimum absolute atomic E-state index is 0.0659. The van der Waals surface area contributed by atoms with E-state index in [9.17, 15) is 19.4 Å². The molecule has 0 aliphatic carbocycles. The number of phosphoric ester groups is 1. The molecule has 0 aliphatic heterocycles. The molecule has 0 bridgehead atoms. The van der Waals surface area contributed by atoms with Crippen LogP contribution >= 0.6 is 7.82 Å². The van der Waals surface area contributed by atoms with Gasteiger partial charge >= 0.3 is 13.8 Å². The van der Waals surface area contributed by atoms with Gasteiger partial charge in [0.25, 0.3) is 0 Å². The van der Waals surface area contributed by atoms with Crippen LogP contribution in [0.25, 0.3) is 0 Å². The first-order chi connectivity index (χ1) is 17.4. The van der Waals surface area contributed by atoms with Crippen molar-refractivity contribution in [3.05, 3.63) is 60.8 Å². The Labute approximate surface area is 217 Å². The highest BCUT2D eigenvalue weighted by molar-refractivity contribution is 7.47. The van der Waals surface area contributed by atoms with Gasteiger partial charge in [-0.3, -0.25) is 13.8 Å². The fourth-order valence-corrected chi connectivity index (χ4v) is 3.54. The SMILES string of the molecule is CC/C=C\C/C=C\C/C=C\C/C=C\C/C=C\CCCCCC(=O)OC[C@@H](O)COP(=O)(O)OCCN. The van der Waals surface area contributed by atoms with E-state index in [1.165, 1.54) is 0 Å². The highest BCUT2D eigenvalue weighted by Crippen LogP contribution is 2.42. The molecule has 9 heteroatoms. The van der Waals surface area contributed by atoms with Crippen molar-refractivity contribution < 1.29 is 33.1 Å². The summed E-state index contributed by atoms with van der Waals surface area (Å²) in [6.07, 6.45) is 29.3. The fraction of sp³-hybridized carbons (Fsp3) is 0.593. The molecule has 0 amide bonds. The summed E-state index contributed by atoms with van der Waals surface area (Å²) in [5, 5.41) is 9.69. The van der Waals surface area contributed by atoms with Gasteiger partial charge in [-0.25, -0.2) is 4.57 Å². The Balaban J connectivity index is 3.63. The number of hydrogen-bond acceptors (Lipinski definition) is 7. The number of esters is 1. The van der Waals surface area contributed by atoms with Crippen LogP contribution < -0.4 is 5.73 Å². The molecule has 0 heterocycles. The van der Waals surface area contributed by atoms with E-state index < -0.39 is 26.5 Å². The number of aliphatic hydroxyl groups excluding tert-OH is 1. The molecule has 206 valence electrons. The second-order valence-corrected chi connectivity index (χ2v) is 9.48. The first-order valence-electron chi connectivity index (χ1n) is 12.8. The van der Waals surface area contributed by atoms with E-state index in [1.54, 1.807) is 0 Å². The Morgan fingerprint density at radius 2 is 1.39 bits per heavy atom. The van der Waals surface area contributed by atoms with Crippen molar-refractivity contribution >= 4 is 13.8 Å². The lowest BCUT2D eigenvalue weighted by Gasteiger charge is -2.15. The average Bonchev–Trinajstić information content (AvgIpc) is 2.86. The Bertz CT molecular complexity index is 732. The van der Waals surface area contributed by atoms with E-state index in [0.29, 0.717) is 6.42 Å². The Morgan fingerprint density at radius 3 is 1.94 bits per heavy atom. The lowest BCUT2D eigenvalue weighted by molar-refractivity contribution is -0.147.